The second-order valence-electron chi connectivity index (χ2n) is 7.23. The molecule has 1 aromatic heterocycles. The Hall–Kier alpha value is -3.26. The van der Waals surface area contributed by atoms with E-state index < -0.39 is 10.0 Å². The van der Waals surface area contributed by atoms with Crippen molar-refractivity contribution in [3.05, 3.63) is 71.9 Å². The van der Waals surface area contributed by atoms with Crippen molar-refractivity contribution >= 4 is 38.2 Å². The third-order valence-corrected chi connectivity index (χ3v) is 5.63. The monoisotopic (exact) mass is 422 g/mol. The van der Waals surface area contributed by atoms with Crippen molar-refractivity contribution in [2.45, 2.75) is 25.8 Å². The van der Waals surface area contributed by atoms with Crippen LogP contribution in [-0.2, 0) is 14.8 Å². The maximum Gasteiger partial charge on any atom is 0.242 e. The van der Waals surface area contributed by atoms with Crippen LogP contribution in [0.25, 0.3) is 10.9 Å². The van der Waals surface area contributed by atoms with Crippen molar-refractivity contribution in [2.75, 3.05) is 11.0 Å². The number of pyridine rings is 1. The van der Waals surface area contributed by atoms with Gasteiger partial charge in [-0.05, 0) is 35.4 Å². The van der Waals surface area contributed by atoms with Gasteiger partial charge in [-0.15, -0.1) is 0 Å². The number of sulfonamides is 1. The molecule has 0 aliphatic carbocycles. The minimum absolute atomic E-state index is 0.0498. The number of benzene rings is 2. The number of anilines is 1. The molecule has 0 bridgehead atoms. The van der Waals surface area contributed by atoms with Crippen LogP contribution in [0.2, 0.25) is 0 Å². The Bertz CT molecular complexity index is 1230. The highest BCUT2D eigenvalue weighted by Gasteiger charge is 2.33. The lowest BCUT2D eigenvalue weighted by Gasteiger charge is -2.22. The first-order valence-electron chi connectivity index (χ1n) is 9.67. The summed E-state index contributed by atoms with van der Waals surface area (Å²) in [5.41, 5.74) is 4.01. The van der Waals surface area contributed by atoms with Crippen LogP contribution >= 0.6 is 0 Å². The first-order valence-corrected chi connectivity index (χ1v) is 11.6. The lowest BCUT2D eigenvalue weighted by atomic mass is 9.95. The SMILES string of the molecule is CCC(=O)N1N=C(c2ccc(NS(C)(=O)=O)cc2)C[C@@H]1c1cccc2ncccc12. The molecule has 1 aliphatic heterocycles. The van der Waals surface area contributed by atoms with Crippen molar-refractivity contribution in [1.82, 2.24) is 9.99 Å². The van der Waals surface area contributed by atoms with Crippen molar-refractivity contribution in [2.24, 2.45) is 5.10 Å². The third-order valence-electron chi connectivity index (χ3n) is 5.03. The maximum absolute atomic E-state index is 12.6. The highest BCUT2D eigenvalue weighted by molar-refractivity contribution is 7.92. The Morgan fingerprint density at radius 3 is 2.60 bits per heavy atom. The molecule has 154 valence electrons. The third kappa shape index (κ3) is 4.04. The normalized spacial score (nSPS) is 16.5. The lowest BCUT2D eigenvalue weighted by molar-refractivity contribution is -0.132. The second-order valence-corrected chi connectivity index (χ2v) is 8.98. The molecule has 0 saturated heterocycles. The Morgan fingerprint density at radius 1 is 1.13 bits per heavy atom. The van der Waals surface area contributed by atoms with Gasteiger partial charge in [-0.3, -0.25) is 14.5 Å². The molecule has 0 fully saturated rings. The van der Waals surface area contributed by atoms with Gasteiger partial charge >= 0.3 is 0 Å². The van der Waals surface area contributed by atoms with Crippen molar-refractivity contribution in [1.29, 1.82) is 0 Å². The zero-order valence-corrected chi connectivity index (χ0v) is 17.6. The summed E-state index contributed by atoms with van der Waals surface area (Å²) in [6.45, 7) is 1.82. The molecule has 0 spiro atoms. The number of nitrogens with one attached hydrogen (secondary N) is 1. The van der Waals surface area contributed by atoms with Crippen LogP contribution < -0.4 is 4.72 Å². The average Bonchev–Trinajstić information content (AvgIpc) is 3.17. The van der Waals surface area contributed by atoms with Gasteiger partial charge in [0, 0.05) is 30.1 Å². The van der Waals surface area contributed by atoms with E-state index in [0.29, 0.717) is 18.5 Å². The molecule has 3 aromatic rings. The van der Waals surface area contributed by atoms with E-state index in [1.807, 2.05) is 49.4 Å². The van der Waals surface area contributed by atoms with Gasteiger partial charge in [0.05, 0.1) is 23.5 Å². The van der Waals surface area contributed by atoms with Gasteiger partial charge in [-0.2, -0.15) is 5.10 Å². The van der Waals surface area contributed by atoms with E-state index in [-0.39, 0.29) is 11.9 Å². The minimum Gasteiger partial charge on any atom is -0.284 e. The van der Waals surface area contributed by atoms with Crippen molar-refractivity contribution in [3.63, 3.8) is 0 Å². The number of hydrogen-bond acceptors (Lipinski definition) is 5. The van der Waals surface area contributed by atoms with Crippen LogP contribution in [0.1, 0.15) is 36.9 Å². The topological polar surface area (TPSA) is 91.7 Å². The van der Waals surface area contributed by atoms with Crippen LogP contribution in [-0.4, -0.2) is 36.3 Å². The van der Waals surface area contributed by atoms with Crippen LogP contribution in [0.4, 0.5) is 5.69 Å². The largest absolute Gasteiger partial charge is 0.284 e. The fraction of sp³-hybridized carbons (Fsp3) is 0.227. The minimum atomic E-state index is -3.34. The molecule has 8 heteroatoms. The fourth-order valence-corrected chi connectivity index (χ4v) is 4.25. The van der Waals surface area contributed by atoms with Crippen LogP contribution in [0.3, 0.4) is 0 Å². The van der Waals surface area contributed by atoms with Crippen LogP contribution in [0, 0.1) is 0 Å². The zero-order valence-electron chi connectivity index (χ0n) is 16.7. The molecule has 1 N–H and O–H groups in total. The average molecular weight is 423 g/mol. The lowest BCUT2D eigenvalue weighted by Crippen LogP contribution is -2.26. The predicted molar refractivity (Wildman–Crippen MR) is 118 cm³/mol. The van der Waals surface area contributed by atoms with E-state index in [2.05, 4.69) is 14.8 Å². The molecule has 2 aromatic carbocycles. The number of amides is 1. The van der Waals surface area contributed by atoms with Gasteiger partial charge in [0.15, 0.2) is 0 Å². The molecule has 30 heavy (non-hydrogen) atoms. The molecule has 0 unspecified atom stereocenters. The predicted octanol–water partition coefficient (Wildman–Crippen LogP) is 3.69. The van der Waals surface area contributed by atoms with Crippen molar-refractivity contribution < 1.29 is 13.2 Å². The van der Waals surface area contributed by atoms with Gasteiger partial charge < -0.3 is 0 Å². The van der Waals surface area contributed by atoms with E-state index in [0.717, 1.165) is 34.0 Å². The summed E-state index contributed by atoms with van der Waals surface area (Å²) < 4.78 is 25.3. The zero-order chi connectivity index (χ0) is 21.3. The smallest absolute Gasteiger partial charge is 0.242 e. The Morgan fingerprint density at radius 2 is 1.90 bits per heavy atom. The summed E-state index contributed by atoms with van der Waals surface area (Å²) in [4.78, 5) is 17.1. The molecule has 4 rings (SSSR count). The number of hydrazone groups is 1. The summed E-state index contributed by atoms with van der Waals surface area (Å²) in [6.07, 6.45) is 3.79. The van der Waals surface area contributed by atoms with Gasteiger partial charge in [0.25, 0.3) is 0 Å². The van der Waals surface area contributed by atoms with Gasteiger partial charge in [-0.25, -0.2) is 13.4 Å². The quantitative estimate of drug-likeness (QED) is 0.679. The van der Waals surface area contributed by atoms with Gasteiger partial charge in [0.1, 0.15) is 0 Å². The number of hydrogen-bond donors (Lipinski definition) is 1. The summed E-state index contributed by atoms with van der Waals surface area (Å²) in [5.74, 6) is -0.0498. The summed E-state index contributed by atoms with van der Waals surface area (Å²) in [5, 5.41) is 7.21. The summed E-state index contributed by atoms with van der Waals surface area (Å²) in [6, 6.07) is 16.6. The van der Waals surface area contributed by atoms with Gasteiger partial charge in [-0.1, -0.05) is 37.3 Å². The van der Waals surface area contributed by atoms with Crippen LogP contribution in [0.5, 0.6) is 0 Å². The summed E-state index contributed by atoms with van der Waals surface area (Å²) >= 11 is 0. The van der Waals surface area contributed by atoms with E-state index in [9.17, 15) is 13.2 Å². The van der Waals surface area contributed by atoms with Crippen LogP contribution in [0.15, 0.2) is 65.9 Å². The standard InChI is InChI=1S/C22H22N4O3S/c1-3-22(27)26-21(18-6-4-8-19-17(18)7-5-13-23-19)14-20(24-26)15-9-11-16(12-10-15)25-30(2,28)29/h4-13,21,25H,3,14H2,1-2H3/t21-/m1/s1. The number of carbonyl (C=O) groups is 1. The molecule has 0 saturated carbocycles. The Balaban J connectivity index is 1.69. The first kappa shape index (κ1) is 20.0. The molecule has 0 radical (unpaired) electrons. The molecule has 1 atom stereocenters. The molecule has 1 aliphatic rings. The fourth-order valence-electron chi connectivity index (χ4n) is 3.68. The Labute approximate surface area is 175 Å². The Kier molecular flexibility index (Phi) is 5.26. The number of rotatable bonds is 5. The van der Waals surface area contributed by atoms with Crippen molar-refractivity contribution in [3.8, 4) is 0 Å². The number of fused-ring (bicyclic) bond motifs is 1. The molecule has 2 heterocycles. The first-order chi connectivity index (χ1) is 14.4. The molecule has 1 amide bonds. The highest BCUT2D eigenvalue weighted by Crippen LogP contribution is 2.36. The van der Waals surface area contributed by atoms with E-state index in [4.69, 9.17) is 0 Å². The van der Waals surface area contributed by atoms with E-state index in [1.54, 1.807) is 23.3 Å². The number of carbonyl (C=O) groups excluding carboxylic acids is 1. The number of nitrogens with zero attached hydrogens (tertiary/aromatic N) is 3. The second kappa shape index (κ2) is 7.87. The van der Waals surface area contributed by atoms with Gasteiger partial charge in [0.2, 0.25) is 15.9 Å². The molecule has 7 nitrogen and oxygen atoms in total. The van der Waals surface area contributed by atoms with E-state index >= 15 is 0 Å². The summed E-state index contributed by atoms with van der Waals surface area (Å²) in [7, 11) is -3.34. The number of aromatic nitrogens is 1. The maximum atomic E-state index is 12.6. The van der Waals surface area contributed by atoms with E-state index in [1.165, 1.54) is 0 Å². The molecular weight excluding hydrogens is 400 g/mol. The molecular formula is C22H22N4O3S. The highest BCUT2D eigenvalue weighted by atomic mass is 32.2.